The maximum atomic E-state index is 12.1. The molecule has 1 atom stereocenters. The van der Waals surface area contributed by atoms with E-state index in [0.717, 1.165) is 57.2 Å². The maximum Gasteiger partial charge on any atom is 0.237 e. The van der Waals surface area contributed by atoms with Gasteiger partial charge in [0.25, 0.3) is 0 Å². The lowest BCUT2D eigenvalue weighted by Crippen LogP contribution is -2.53. The van der Waals surface area contributed by atoms with Crippen molar-refractivity contribution < 1.29 is 14.3 Å². The van der Waals surface area contributed by atoms with Gasteiger partial charge in [-0.15, -0.1) is 0 Å². The average molecular weight is 333 g/mol. The second kappa shape index (κ2) is 7.85. The van der Waals surface area contributed by atoms with Crippen LogP contribution in [0.5, 0.6) is 11.5 Å². The molecule has 3 rings (SSSR count). The molecule has 1 aromatic rings. The fraction of sp³-hybridized carbons (Fsp3) is 0.611. The summed E-state index contributed by atoms with van der Waals surface area (Å²) >= 11 is 0. The van der Waals surface area contributed by atoms with E-state index in [1.165, 1.54) is 5.56 Å². The van der Waals surface area contributed by atoms with Crippen molar-refractivity contribution in [3.8, 4) is 11.5 Å². The minimum atomic E-state index is -0.0516. The predicted octanol–water partition coefficient (Wildman–Crippen LogP) is 1.45. The molecule has 1 saturated heterocycles. The Morgan fingerprint density at radius 2 is 1.96 bits per heavy atom. The molecule has 0 aliphatic carbocycles. The highest BCUT2D eigenvalue weighted by Crippen LogP contribution is 2.32. The number of rotatable bonds is 6. The monoisotopic (exact) mass is 333 g/mol. The molecule has 0 saturated carbocycles. The zero-order chi connectivity index (χ0) is 16.9. The fourth-order valence-corrected chi connectivity index (χ4v) is 3.17. The van der Waals surface area contributed by atoms with Gasteiger partial charge in [-0.05, 0) is 31.0 Å². The second-order valence-electron chi connectivity index (χ2n) is 6.47. The summed E-state index contributed by atoms with van der Waals surface area (Å²) in [5.41, 5.74) is 1.24. The largest absolute Gasteiger partial charge is 0.454 e. The van der Waals surface area contributed by atoms with Gasteiger partial charge in [0, 0.05) is 39.3 Å². The van der Waals surface area contributed by atoms with Crippen molar-refractivity contribution in [1.82, 2.24) is 15.1 Å². The van der Waals surface area contributed by atoms with Gasteiger partial charge in [-0.3, -0.25) is 14.6 Å². The maximum absolute atomic E-state index is 12.1. The molecular weight excluding hydrogens is 306 g/mol. The van der Waals surface area contributed by atoms with Gasteiger partial charge in [0.15, 0.2) is 11.5 Å². The van der Waals surface area contributed by atoms with Crippen molar-refractivity contribution in [2.24, 2.45) is 0 Å². The number of hydrogen-bond acceptors (Lipinski definition) is 5. The third-order valence-electron chi connectivity index (χ3n) is 4.73. The van der Waals surface area contributed by atoms with Crippen LogP contribution in [0.3, 0.4) is 0 Å². The van der Waals surface area contributed by atoms with Crippen LogP contribution in [0.4, 0.5) is 0 Å². The van der Waals surface area contributed by atoms with Gasteiger partial charge in [-0.25, -0.2) is 0 Å². The Bertz CT molecular complexity index is 571. The third-order valence-corrected chi connectivity index (χ3v) is 4.73. The number of fused-ring (bicyclic) bond motifs is 1. The molecule has 1 amide bonds. The Hall–Kier alpha value is -1.79. The summed E-state index contributed by atoms with van der Waals surface area (Å²) in [6.45, 7) is 9.83. The number of carbonyl (C=O) groups is 1. The molecule has 1 aromatic carbocycles. The van der Waals surface area contributed by atoms with Crippen molar-refractivity contribution in [3.05, 3.63) is 23.8 Å². The molecular formula is C18H27N3O3. The molecule has 0 radical (unpaired) electrons. The molecule has 1 fully saturated rings. The minimum Gasteiger partial charge on any atom is -0.454 e. The molecule has 2 heterocycles. The highest BCUT2D eigenvalue weighted by Gasteiger charge is 2.25. The van der Waals surface area contributed by atoms with E-state index in [2.05, 4.69) is 34.2 Å². The zero-order valence-electron chi connectivity index (χ0n) is 14.6. The first kappa shape index (κ1) is 17.0. The van der Waals surface area contributed by atoms with E-state index in [1.807, 2.05) is 13.0 Å². The summed E-state index contributed by atoms with van der Waals surface area (Å²) in [7, 11) is 0. The molecule has 2 aliphatic rings. The van der Waals surface area contributed by atoms with Crippen LogP contribution in [0.15, 0.2) is 18.2 Å². The smallest absolute Gasteiger partial charge is 0.237 e. The number of ether oxygens (including phenoxy) is 2. The van der Waals surface area contributed by atoms with E-state index in [1.54, 1.807) is 0 Å². The van der Waals surface area contributed by atoms with E-state index in [9.17, 15) is 4.79 Å². The topological polar surface area (TPSA) is 54.0 Å². The molecule has 0 bridgehead atoms. The first-order valence-corrected chi connectivity index (χ1v) is 8.80. The Morgan fingerprint density at radius 1 is 1.21 bits per heavy atom. The molecule has 6 nitrogen and oxygen atoms in total. The lowest BCUT2D eigenvalue weighted by atomic mass is 10.1. The molecule has 2 aliphatic heterocycles. The van der Waals surface area contributed by atoms with E-state index in [-0.39, 0.29) is 11.9 Å². The molecule has 0 spiro atoms. The normalized spacial score (nSPS) is 19.2. The highest BCUT2D eigenvalue weighted by molar-refractivity contribution is 5.81. The van der Waals surface area contributed by atoms with Gasteiger partial charge >= 0.3 is 0 Å². The first-order valence-electron chi connectivity index (χ1n) is 8.80. The summed E-state index contributed by atoms with van der Waals surface area (Å²) in [5, 5.41) is 2.98. The third kappa shape index (κ3) is 3.99. The van der Waals surface area contributed by atoms with Crippen LogP contribution in [0, 0.1) is 0 Å². The van der Waals surface area contributed by atoms with Crippen LogP contribution in [0.25, 0.3) is 0 Å². The van der Waals surface area contributed by atoms with E-state index < -0.39 is 0 Å². The summed E-state index contributed by atoms with van der Waals surface area (Å²) < 4.78 is 10.8. The van der Waals surface area contributed by atoms with Gasteiger partial charge in [0.2, 0.25) is 12.7 Å². The summed E-state index contributed by atoms with van der Waals surface area (Å²) in [5.74, 6) is 1.81. The van der Waals surface area contributed by atoms with Crippen LogP contribution >= 0.6 is 0 Å². The van der Waals surface area contributed by atoms with Gasteiger partial charge in [-0.1, -0.05) is 13.0 Å². The van der Waals surface area contributed by atoms with Crippen molar-refractivity contribution in [3.63, 3.8) is 0 Å². The van der Waals surface area contributed by atoms with E-state index in [4.69, 9.17) is 9.47 Å². The quantitative estimate of drug-likeness (QED) is 0.854. The van der Waals surface area contributed by atoms with Crippen LogP contribution in [-0.2, 0) is 11.3 Å². The number of carbonyl (C=O) groups excluding carboxylic acids is 1. The van der Waals surface area contributed by atoms with Crippen LogP contribution < -0.4 is 14.8 Å². The Labute approximate surface area is 143 Å². The minimum absolute atomic E-state index is 0.0516. The molecule has 0 aromatic heterocycles. The lowest BCUT2D eigenvalue weighted by Gasteiger charge is -2.37. The predicted molar refractivity (Wildman–Crippen MR) is 92.2 cm³/mol. The average Bonchev–Trinajstić information content (AvgIpc) is 3.07. The number of amides is 1. The Kier molecular flexibility index (Phi) is 5.58. The van der Waals surface area contributed by atoms with Crippen molar-refractivity contribution in [1.29, 1.82) is 0 Å². The van der Waals surface area contributed by atoms with Gasteiger partial charge in [0.1, 0.15) is 0 Å². The highest BCUT2D eigenvalue weighted by atomic mass is 16.7. The van der Waals surface area contributed by atoms with Gasteiger partial charge in [-0.2, -0.15) is 0 Å². The van der Waals surface area contributed by atoms with Gasteiger partial charge in [0.05, 0.1) is 6.04 Å². The summed E-state index contributed by atoms with van der Waals surface area (Å²) in [4.78, 5) is 16.8. The van der Waals surface area contributed by atoms with Crippen LogP contribution in [0.2, 0.25) is 0 Å². The van der Waals surface area contributed by atoms with Crippen LogP contribution in [-0.4, -0.2) is 61.3 Å². The first-order chi connectivity index (χ1) is 11.7. The van der Waals surface area contributed by atoms with Crippen molar-refractivity contribution >= 4 is 5.91 Å². The van der Waals surface area contributed by atoms with Crippen molar-refractivity contribution in [2.75, 3.05) is 39.5 Å². The Morgan fingerprint density at radius 3 is 2.71 bits per heavy atom. The zero-order valence-corrected chi connectivity index (χ0v) is 14.6. The van der Waals surface area contributed by atoms with Crippen molar-refractivity contribution in [2.45, 2.75) is 32.9 Å². The number of piperazine rings is 1. The van der Waals surface area contributed by atoms with E-state index in [0.29, 0.717) is 6.79 Å². The Balaban J connectivity index is 1.47. The van der Waals surface area contributed by atoms with E-state index >= 15 is 0 Å². The SMILES string of the molecule is CCCNC(=O)C(C)N1CCN(Cc2ccc3c(c2)OCO3)CC1. The molecule has 6 heteroatoms. The molecule has 132 valence electrons. The number of benzene rings is 1. The molecule has 1 N–H and O–H groups in total. The van der Waals surface area contributed by atoms with Crippen LogP contribution in [0.1, 0.15) is 25.8 Å². The van der Waals surface area contributed by atoms with Gasteiger partial charge < -0.3 is 14.8 Å². The number of nitrogens with one attached hydrogen (secondary N) is 1. The molecule has 1 unspecified atom stereocenters. The summed E-state index contributed by atoms with van der Waals surface area (Å²) in [6, 6.07) is 6.09. The standard InChI is InChI=1S/C18H27N3O3/c1-3-6-19-18(22)14(2)21-9-7-20(8-10-21)12-15-4-5-16-17(11-15)24-13-23-16/h4-5,11,14H,3,6-10,12-13H2,1-2H3,(H,19,22). The second-order valence-corrected chi connectivity index (χ2v) is 6.47. The number of hydrogen-bond donors (Lipinski definition) is 1. The molecule has 24 heavy (non-hydrogen) atoms. The lowest BCUT2D eigenvalue weighted by molar-refractivity contribution is -0.126. The fourth-order valence-electron chi connectivity index (χ4n) is 3.17. The summed E-state index contributed by atoms with van der Waals surface area (Å²) in [6.07, 6.45) is 0.974. The number of nitrogens with zero attached hydrogens (tertiary/aromatic N) is 2.